The molecule has 0 aromatic carbocycles. The van der Waals surface area contributed by atoms with Crippen LogP contribution < -0.4 is 0 Å². The Kier molecular flexibility index (Phi) is 71.6. The van der Waals surface area contributed by atoms with Gasteiger partial charge in [-0.05, 0) is 339 Å². The molecule has 0 radical (unpaired) electrons. The molecule has 0 aromatic rings. The third kappa shape index (κ3) is 58.7. The molecule has 12 aliphatic heterocycles. The summed E-state index contributed by atoms with van der Waals surface area (Å²) in [5.41, 5.74) is 0. The first kappa shape index (κ1) is 97.4. The monoisotopic (exact) mass is 1390 g/mol. The van der Waals surface area contributed by atoms with E-state index >= 15 is 0 Å². The van der Waals surface area contributed by atoms with Crippen molar-refractivity contribution in [3.63, 3.8) is 0 Å². The van der Waals surface area contributed by atoms with Gasteiger partial charge in [-0.3, -0.25) is 0 Å². The summed E-state index contributed by atoms with van der Waals surface area (Å²) in [7, 11) is 4.39. The van der Waals surface area contributed by atoms with E-state index in [-0.39, 0.29) is 7.43 Å². The lowest BCUT2D eigenvalue weighted by Crippen LogP contribution is -2.44. The number of piperidine rings is 3. The smallest absolute Gasteiger partial charge is 0.0110 e. The van der Waals surface area contributed by atoms with E-state index in [4.69, 9.17) is 0 Å². The number of rotatable bonds is 12. The van der Waals surface area contributed by atoms with Crippen molar-refractivity contribution in [1.82, 2.24) is 68.6 Å². The van der Waals surface area contributed by atoms with Crippen LogP contribution in [-0.2, 0) is 0 Å². The molecule has 12 fully saturated rings. The van der Waals surface area contributed by atoms with Crippen molar-refractivity contribution in [3.05, 3.63) is 0 Å². The Hall–Kier alpha value is -0.560. The van der Waals surface area contributed by atoms with E-state index < -0.39 is 0 Å². The van der Waals surface area contributed by atoms with E-state index in [0.717, 1.165) is 0 Å². The number of nitrogens with zero attached hydrogens (tertiary/aromatic N) is 14. The fourth-order valence-corrected chi connectivity index (χ4v) is 14.4. The molecule has 0 spiro atoms. The molecule has 0 aromatic heterocycles. The molecular weight excluding hydrogens is 1210 g/mol. The van der Waals surface area contributed by atoms with E-state index in [1.807, 2.05) is 0 Å². The van der Waals surface area contributed by atoms with Crippen LogP contribution in [0.5, 0.6) is 0 Å². The van der Waals surface area contributed by atoms with E-state index in [9.17, 15) is 0 Å². The van der Waals surface area contributed by atoms with Crippen LogP contribution in [0, 0.1) is 0 Å². The average Bonchev–Trinajstić information content (AvgIpc) is 3.92. The molecule has 14 heteroatoms. The fraction of sp³-hybridized carbons (Fsp3) is 1.00. The van der Waals surface area contributed by atoms with Crippen molar-refractivity contribution in [2.45, 2.75) is 277 Å². The highest BCUT2D eigenvalue weighted by Gasteiger charge is 2.15. The Labute approximate surface area is 618 Å². The molecule has 590 valence electrons. The van der Waals surface area contributed by atoms with Crippen LogP contribution >= 0.6 is 0 Å². The summed E-state index contributed by atoms with van der Waals surface area (Å²) < 4.78 is 0. The van der Waals surface area contributed by atoms with Gasteiger partial charge in [0.05, 0.1) is 0 Å². The van der Waals surface area contributed by atoms with Crippen LogP contribution in [0.4, 0.5) is 0 Å². The summed E-state index contributed by atoms with van der Waals surface area (Å²) in [5, 5.41) is 0. The van der Waals surface area contributed by atoms with Gasteiger partial charge in [0, 0.05) is 52.4 Å². The van der Waals surface area contributed by atoms with Crippen LogP contribution in [0.25, 0.3) is 0 Å². The van der Waals surface area contributed by atoms with E-state index in [2.05, 4.69) is 166 Å². The molecule has 12 heterocycles. The molecule has 14 nitrogen and oxygen atoms in total. The standard InChI is InChI=1S/C8H18N2.4C8H17N.C7H16N2.3C7H15N.C6H13N.C5H11N.C4H9N.CH4/c1-3-10-6-4-5-9(2)7-8-10;4*1-2-9-7-5-3-4-6-8-9;1-3-9-6-4-8(2)5-7-9;3*1-2-8-6-4-3-5-7-8;1-2-7-5-3-4-6-7;1-2-6-4-3-5-6;1-2-5-3-4-5;/h3-8H2,1-2H3;4*2-8H2,1H3;3-7H2,1-2H3;3*2-7H2,1H3;2-6H2,1H3;2-5H2,1H3;2-4H2,1H3;1H4. The first-order chi connectivity index (χ1) is 47.5. The third-order valence-electron chi connectivity index (χ3n) is 22.6. The summed E-state index contributed by atoms with van der Waals surface area (Å²) >= 11 is 0. The molecule has 12 rings (SSSR count). The van der Waals surface area contributed by atoms with E-state index in [1.54, 1.807) is 0 Å². The number of hydrogen-bond acceptors (Lipinski definition) is 14. The lowest BCUT2D eigenvalue weighted by Gasteiger charge is -2.31. The van der Waals surface area contributed by atoms with Gasteiger partial charge in [0.15, 0.2) is 0 Å². The number of likely N-dealkylation sites (tertiary alicyclic amines) is 9. The quantitative estimate of drug-likeness (QED) is 0.174. The molecule has 0 bridgehead atoms. The minimum absolute atomic E-state index is 0. The van der Waals surface area contributed by atoms with Crippen molar-refractivity contribution in [2.75, 3.05) is 276 Å². The summed E-state index contributed by atoms with van der Waals surface area (Å²) in [6.45, 7) is 78.7. The Balaban J connectivity index is 0.00000105. The van der Waals surface area contributed by atoms with Gasteiger partial charge >= 0.3 is 0 Å². The molecule has 98 heavy (non-hydrogen) atoms. The third-order valence-corrected chi connectivity index (χ3v) is 22.6. The van der Waals surface area contributed by atoms with Gasteiger partial charge < -0.3 is 68.6 Å². The van der Waals surface area contributed by atoms with Crippen LogP contribution in [0.15, 0.2) is 0 Å². The molecule has 12 aliphatic rings. The highest BCUT2D eigenvalue weighted by Crippen LogP contribution is 2.14. The Morgan fingerprint density at radius 1 is 0.122 bits per heavy atom. The summed E-state index contributed by atoms with van der Waals surface area (Å²) in [5.74, 6) is 0. The average molecular weight is 1390 g/mol. The van der Waals surface area contributed by atoms with Crippen LogP contribution in [0.3, 0.4) is 0 Å². The Morgan fingerprint density at radius 3 is 0.378 bits per heavy atom. The Morgan fingerprint density at radius 2 is 0.224 bits per heavy atom. The zero-order valence-electron chi connectivity index (χ0n) is 69.1. The van der Waals surface area contributed by atoms with Gasteiger partial charge in [0.2, 0.25) is 0 Å². The minimum atomic E-state index is 0. The molecule has 0 saturated carbocycles. The maximum absolute atomic E-state index is 2.55. The molecule has 12 saturated heterocycles. The molecular formula is C84H184N14. The second-order valence-corrected chi connectivity index (χ2v) is 30.1. The fourth-order valence-electron chi connectivity index (χ4n) is 14.4. The van der Waals surface area contributed by atoms with Crippen molar-refractivity contribution in [2.24, 2.45) is 0 Å². The summed E-state index contributed by atoms with van der Waals surface area (Å²) in [4.78, 5) is 34.8. The Bertz CT molecular complexity index is 1370. The molecule has 0 atom stereocenters. The number of piperazine rings is 1. The highest BCUT2D eigenvalue weighted by molar-refractivity contribution is 4.71. The van der Waals surface area contributed by atoms with Crippen LogP contribution in [0.2, 0.25) is 0 Å². The van der Waals surface area contributed by atoms with Crippen LogP contribution in [-0.4, -0.2) is 344 Å². The molecule has 0 amide bonds. The first-order valence-electron chi connectivity index (χ1n) is 43.5. The summed E-state index contributed by atoms with van der Waals surface area (Å²) in [6.07, 6.45) is 41.6. The predicted molar refractivity (Wildman–Crippen MR) is 441 cm³/mol. The highest BCUT2D eigenvalue weighted by atomic mass is 15.3. The van der Waals surface area contributed by atoms with Crippen molar-refractivity contribution in [1.29, 1.82) is 0 Å². The predicted octanol–water partition coefficient (Wildman–Crippen LogP) is 15.7. The summed E-state index contributed by atoms with van der Waals surface area (Å²) in [6, 6.07) is 0. The zero-order chi connectivity index (χ0) is 70.9. The lowest BCUT2D eigenvalue weighted by molar-refractivity contribution is 0.160. The van der Waals surface area contributed by atoms with Gasteiger partial charge in [-0.1, -0.05) is 161 Å². The van der Waals surface area contributed by atoms with E-state index in [1.165, 1.54) is 448 Å². The maximum atomic E-state index is 2.55. The van der Waals surface area contributed by atoms with Crippen molar-refractivity contribution in [3.8, 4) is 0 Å². The van der Waals surface area contributed by atoms with Gasteiger partial charge in [-0.2, -0.15) is 0 Å². The topological polar surface area (TPSA) is 45.1 Å². The van der Waals surface area contributed by atoms with Crippen molar-refractivity contribution < 1.29 is 0 Å². The van der Waals surface area contributed by atoms with Gasteiger partial charge in [0.25, 0.3) is 0 Å². The second-order valence-electron chi connectivity index (χ2n) is 30.1. The van der Waals surface area contributed by atoms with Gasteiger partial charge in [-0.15, -0.1) is 0 Å². The minimum Gasteiger partial charge on any atom is -0.305 e. The maximum Gasteiger partial charge on any atom is 0.0110 e. The number of hydrogen-bond donors (Lipinski definition) is 0. The normalized spacial score (nSPS) is 23.6. The largest absolute Gasteiger partial charge is 0.305 e. The van der Waals surface area contributed by atoms with Gasteiger partial charge in [-0.25, -0.2) is 0 Å². The van der Waals surface area contributed by atoms with Gasteiger partial charge in [0.1, 0.15) is 0 Å². The molecule has 0 N–H and O–H groups in total. The van der Waals surface area contributed by atoms with E-state index in [0.29, 0.717) is 0 Å². The second kappa shape index (κ2) is 72.0. The number of likely N-dealkylation sites (N-methyl/N-ethyl adjacent to an activating group) is 5. The van der Waals surface area contributed by atoms with Crippen molar-refractivity contribution >= 4 is 0 Å². The molecule has 0 unspecified atom stereocenters. The first-order valence-corrected chi connectivity index (χ1v) is 43.5. The lowest BCUT2D eigenvalue weighted by atomic mass is 10.1. The SMILES string of the molecule is C.CCN1CC1.CCN1CCC1.CCN1CCCC1.CCN1CCCCC1.CCN1CCCCC1.CCN1CCCCC1.CCN1CCCCCC1.CCN1CCCCCC1.CCN1CCCCCC1.CCN1CCCCCC1.CCN1CCCN(C)CC1.CCN1CCN(C)CC1. The molecule has 0 aliphatic carbocycles. The zero-order valence-corrected chi connectivity index (χ0v) is 69.1. The van der Waals surface area contributed by atoms with Crippen LogP contribution in [0.1, 0.15) is 277 Å².